The van der Waals surface area contributed by atoms with Crippen LogP contribution in [0.25, 0.3) is 0 Å². The van der Waals surface area contributed by atoms with Crippen LogP contribution in [-0.2, 0) is 0 Å². The third kappa shape index (κ3) is 1.91. The van der Waals surface area contributed by atoms with Gasteiger partial charge in [0.15, 0.2) is 0 Å². The molecule has 0 saturated heterocycles. The molecule has 0 aliphatic rings. The van der Waals surface area contributed by atoms with Crippen molar-refractivity contribution in [3.05, 3.63) is 28.5 Å². The number of phenolic OH excluding ortho intramolecular Hbond substituents is 1. The molecule has 0 aromatic heterocycles. The van der Waals surface area contributed by atoms with Gasteiger partial charge in [-0.15, -0.1) is 0 Å². The summed E-state index contributed by atoms with van der Waals surface area (Å²) < 4.78 is 12.7. The van der Waals surface area contributed by atoms with Crippen molar-refractivity contribution >= 4 is 11.6 Å². The normalized spacial score (nSPS) is 12.9. The first-order valence-corrected chi connectivity index (χ1v) is 3.99. The van der Waals surface area contributed by atoms with Crippen LogP contribution in [-0.4, -0.2) is 16.8 Å². The Morgan fingerprint density at radius 2 is 2.15 bits per heavy atom. The van der Waals surface area contributed by atoms with E-state index in [1.165, 1.54) is 6.07 Å². The van der Waals surface area contributed by atoms with Crippen LogP contribution in [0.2, 0.25) is 5.02 Å². The molecule has 0 unspecified atom stereocenters. The van der Waals surface area contributed by atoms with Gasteiger partial charge in [0.1, 0.15) is 16.6 Å². The van der Waals surface area contributed by atoms with Crippen LogP contribution >= 0.6 is 11.6 Å². The fraction of sp³-hybridized carbons (Fsp3) is 0.250. The second-order valence-electron chi connectivity index (χ2n) is 2.59. The molecule has 1 rings (SSSR count). The van der Waals surface area contributed by atoms with Crippen molar-refractivity contribution in [1.29, 1.82) is 0 Å². The average molecular weight is 206 g/mol. The van der Waals surface area contributed by atoms with Gasteiger partial charge in [-0.1, -0.05) is 17.7 Å². The number of hydrogen-bond donors (Lipinski definition) is 3. The van der Waals surface area contributed by atoms with Crippen molar-refractivity contribution in [3.63, 3.8) is 0 Å². The average Bonchev–Trinajstić information content (AvgIpc) is 2.13. The largest absolute Gasteiger partial charge is 0.506 e. The van der Waals surface area contributed by atoms with Crippen molar-refractivity contribution in [3.8, 4) is 5.75 Å². The molecular weight excluding hydrogens is 197 g/mol. The van der Waals surface area contributed by atoms with Crippen LogP contribution in [0, 0.1) is 5.82 Å². The lowest BCUT2D eigenvalue weighted by molar-refractivity contribution is 0.265. The highest BCUT2D eigenvalue weighted by molar-refractivity contribution is 6.32. The highest BCUT2D eigenvalue weighted by Crippen LogP contribution is 2.32. The maximum Gasteiger partial charge on any atom is 0.145 e. The van der Waals surface area contributed by atoms with Crippen molar-refractivity contribution in [1.82, 2.24) is 0 Å². The van der Waals surface area contributed by atoms with Gasteiger partial charge in [-0.2, -0.15) is 0 Å². The molecule has 13 heavy (non-hydrogen) atoms. The van der Waals surface area contributed by atoms with Crippen molar-refractivity contribution in [2.75, 3.05) is 6.61 Å². The van der Waals surface area contributed by atoms with Crippen molar-refractivity contribution < 1.29 is 14.6 Å². The molecular formula is C8H9ClFNO2. The highest BCUT2D eigenvalue weighted by atomic mass is 35.5. The molecule has 1 atom stereocenters. The predicted octanol–water partition coefficient (Wildman–Crippen LogP) is 1.18. The van der Waals surface area contributed by atoms with E-state index >= 15 is 0 Å². The molecule has 5 heteroatoms. The molecule has 0 spiro atoms. The number of nitrogens with two attached hydrogens (primary N) is 1. The van der Waals surface area contributed by atoms with Crippen LogP contribution < -0.4 is 5.73 Å². The fourth-order valence-corrected chi connectivity index (χ4v) is 1.12. The second-order valence-corrected chi connectivity index (χ2v) is 2.97. The van der Waals surface area contributed by atoms with E-state index in [0.717, 1.165) is 6.07 Å². The fourth-order valence-electron chi connectivity index (χ4n) is 0.952. The molecule has 4 N–H and O–H groups in total. The van der Waals surface area contributed by atoms with Crippen LogP contribution in [0.5, 0.6) is 5.75 Å². The second kappa shape index (κ2) is 3.91. The SMILES string of the molecule is N[C@@H](CO)c1ccc(F)c(Cl)c1O. The lowest BCUT2D eigenvalue weighted by Gasteiger charge is -2.11. The lowest BCUT2D eigenvalue weighted by atomic mass is 10.1. The summed E-state index contributed by atoms with van der Waals surface area (Å²) in [6.07, 6.45) is 0. The number of aliphatic hydroxyl groups is 1. The summed E-state index contributed by atoms with van der Waals surface area (Å²) in [7, 11) is 0. The topological polar surface area (TPSA) is 66.5 Å². The van der Waals surface area contributed by atoms with E-state index in [1.807, 2.05) is 0 Å². The first kappa shape index (κ1) is 10.2. The Kier molecular flexibility index (Phi) is 3.08. The van der Waals surface area contributed by atoms with E-state index in [0.29, 0.717) is 0 Å². The van der Waals surface area contributed by atoms with Gasteiger partial charge >= 0.3 is 0 Å². The van der Waals surface area contributed by atoms with E-state index < -0.39 is 17.6 Å². The Hall–Kier alpha value is -0.840. The van der Waals surface area contributed by atoms with Crippen LogP contribution in [0.4, 0.5) is 4.39 Å². The zero-order valence-electron chi connectivity index (χ0n) is 6.67. The summed E-state index contributed by atoms with van der Waals surface area (Å²) in [6.45, 7) is -0.338. The number of aromatic hydroxyl groups is 1. The van der Waals surface area contributed by atoms with Crippen LogP contribution in [0.15, 0.2) is 12.1 Å². The summed E-state index contributed by atoms with van der Waals surface area (Å²) in [4.78, 5) is 0. The van der Waals surface area contributed by atoms with Gasteiger partial charge < -0.3 is 15.9 Å². The van der Waals surface area contributed by atoms with Gasteiger partial charge in [0, 0.05) is 5.56 Å². The zero-order valence-corrected chi connectivity index (χ0v) is 7.42. The highest BCUT2D eigenvalue weighted by Gasteiger charge is 2.15. The van der Waals surface area contributed by atoms with Gasteiger partial charge in [0.25, 0.3) is 0 Å². The van der Waals surface area contributed by atoms with Gasteiger partial charge in [-0.25, -0.2) is 4.39 Å². The number of aliphatic hydroxyl groups excluding tert-OH is 1. The number of phenols is 1. The van der Waals surface area contributed by atoms with Crippen LogP contribution in [0.3, 0.4) is 0 Å². The molecule has 0 bridgehead atoms. The Morgan fingerprint density at radius 1 is 1.54 bits per heavy atom. The third-order valence-electron chi connectivity index (χ3n) is 1.70. The number of hydrogen-bond acceptors (Lipinski definition) is 3. The maximum atomic E-state index is 12.7. The molecule has 0 saturated carbocycles. The molecule has 0 amide bonds. The van der Waals surface area contributed by atoms with Gasteiger partial charge in [-0.3, -0.25) is 0 Å². The van der Waals surface area contributed by atoms with Crippen molar-refractivity contribution in [2.45, 2.75) is 6.04 Å². The minimum atomic E-state index is -0.752. The lowest BCUT2D eigenvalue weighted by Crippen LogP contribution is -2.14. The quantitative estimate of drug-likeness (QED) is 0.679. The molecule has 72 valence electrons. The van der Waals surface area contributed by atoms with E-state index in [4.69, 9.17) is 22.4 Å². The van der Waals surface area contributed by atoms with Crippen LogP contribution in [0.1, 0.15) is 11.6 Å². The smallest absolute Gasteiger partial charge is 0.145 e. The standard InChI is InChI=1S/C8H9ClFNO2/c9-7-5(10)2-1-4(8(7)13)6(11)3-12/h1-2,6,12-13H,3,11H2/t6-/m0/s1. The molecule has 1 aromatic rings. The van der Waals surface area contributed by atoms with E-state index in [-0.39, 0.29) is 17.2 Å². The molecule has 0 heterocycles. The summed E-state index contributed by atoms with van der Waals surface area (Å²) in [5.74, 6) is -1.13. The predicted molar refractivity (Wildman–Crippen MR) is 47.1 cm³/mol. The van der Waals surface area contributed by atoms with Gasteiger partial charge in [-0.05, 0) is 6.07 Å². The first-order chi connectivity index (χ1) is 6.07. The summed E-state index contributed by atoms with van der Waals surface area (Å²) in [5, 5.41) is 17.6. The minimum Gasteiger partial charge on any atom is -0.506 e. The number of rotatable bonds is 2. The Morgan fingerprint density at radius 3 is 2.69 bits per heavy atom. The molecule has 0 fully saturated rings. The molecule has 0 radical (unpaired) electrons. The minimum absolute atomic E-state index is 0.230. The Bertz CT molecular complexity index is 319. The van der Waals surface area contributed by atoms with Crippen molar-refractivity contribution in [2.24, 2.45) is 5.73 Å². The van der Waals surface area contributed by atoms with Gasteiger partial charge in [0.2, 0.25) is 0 Å². The van der Waals surface area contributed by atoms with E-state index in [9.17, 15) is 9.50 Å². The zero-order chi connectivity index (χ0) is 10.0. The molecule has 0 aliphatic carbocycles. The Balaban J connectivity index is 3.18. The number of halogens is 2. The van der Waals surface area contributed by atoms with E-state index in [2.05, 4.69) is 0 Å². The first-order valence-electron chi connectivity index (χ1n) is 3.61. The molecule has 0 aliphatic heterocycles. The van der Waals surface area contributed by atoms with Gasteiger partial charge in [0.05, 0.1) is 12.6 Å². The van der Waals surface area contributed by atoms with E-state index in [1.54, 1.807) is 0 Å². The number of benzene rings is 1. The maximum absolute atomic E-state index is 12.7. The third-order valence-corrected chi connectivity index (χ3v) is 2.06. The molecule has 3 nitrogen and oxygen atoms in total. The molecule has 1 aromatic carbocycles. The summed E-state index contributed by atoms with van der Waals surface area (Å²) in [5.41, 5.74) is 5.65. The summed E-state index contributed by atoms with van der Waals surface area (Å²) in [6, 6.07) is 1.63. The Labute approximate surface area is 79.6 Å². The summed E-state index contributed by atoms with van der Waals surface area (Å²) >= 11 is 5.42. The monoisotopic (exact) mass is 205 g/mol.